The molecule has 0 aliphatic carbocycles. The Balaban J connectivity index is 2.41. The Morgan fingerprint density at radius 2 is 1.84 bits per heavy atom. The van der Waals surface area contributed by atoms with E-state index in [4.69, 9.17) is 0 Å². The lowest BCUT2D eigenvalue weighted by molar-refractivity contribution is -0.140. The fourth-order valence-electron chi connectivity index (χ4n) is 1.57. The zero-order valence-corrected chi connectivity index (χ0v) is 11.6. The van der Waals surface area contributed by atoms with Crippen molar-refractivity contribution in [1.82, 2.24) is 0 Å². The Labute approximate surface area is 118 Å². The smallest absolute Gasteiger partial charge is 0.383 e. The maximum atomic E-state index is 13.1. The topological polar surface area (TPSA) is 20.2 Å². The van der Waals surface area contributed by atoms with E-state index < -0.39 is 23.7 Å². The van der Waals surface area contributed by atoms with E-state index in [1.54, 1.807) is 12.1 Å². The highest BCUT2D eigenvalue weighted by molar-refractivity contribution is 9.11. The molecule has 0 fully saturated rings. The molecule has 2 rings (SSSR count). The summed E-state index contributed by atoms with van der Waals surface area (Å²) in [5, 5.41) is 9.99. The third-order valence-corrected chi connectivity index (χ3v) is 4.15. The highest BCUT2D eigenvalue weighted by atomic mass is 79.9. The summed E-state index contributed by atoms with van der Waals surface area (Å²) >= 11 is 4.40. The Morgan fingerprint density at radius 3 is 2.37 bits per heavy atom. The molecule has 2 aromatic rings. The van der Waals surface area contributed by atoms with Crippen molar-refractivity contribution >= 4 is 27.3 Å². The van der Waals surface area contributed by atoms with Gasteiger partial charge >= 0.3 is 6.18 Å². The van der Waals surface area contributed by atoms with Gasteiger partial charge in [-0.05, 0) is 45.8 Å². The minimum Gasteiger partial charge on any atom is -0.383 e. The molecule has 1 heterocycles. The van der Waals surface area contributed by atoms with Crippen molar-refractivity contribution in [1.29, 1.82) is 0 Å². The van der Waals surface area contributed by atoms with Crippen LogP contribution in [0.15, 0.2) is 34.1 Å². The fourth-order valence-corrected chi connectivity index (χ4v) is 3.01. The summed E-state index contributed by atoms with van der Waals surface area (Å²) in [6, 6.07) is 5.76. The molecule has 1 nitrogen and oxygen atoms in total. The standard InChI is InChI=1S/C12H7BrF4OS/c13-10-4-3-9(19-10)11(18)6-1-2-8(14)7(5-6)12(15,16)17/h1-5,11,18H. The maximum absolute atomic E-state index is 13.1. The van der Waals surface area contributed by atoms with Crippen LogP contribution in [-0.4, -0.2) is 5.11 Å². The van der Waals surface area contributed by atoms with Gasteiger partial charge in [0, 0.05) is 4.88 Å². The molecule has 1 N–H and O–H groups in total. The van der Waals surface area contributed by atoms with E-state index in [9.17, 15) is 22.7 Å². The van der Waals surface area contributed by atoms with Gasteiger partial charge in [0.1, 0.15) is 11.9 Å². The largest absolute Gasteiger partial charge is 0.419 e. The van der Waals surface area contributed by atoms with Gasteiger partial charge in [0.2, 0.25) is 0 Å². The molecule has 0 bridgehead atoms. The zero-order chi connectivity index (χ0) is 14.2. The van der Waals surface area contributed by atoms with Crippen molar-refractivity contribution in [2.24, 2.45) is 0 Å². The van der Waals surface area contributed by atoms with Crippen molar-refractivity contribution < 1.29 is 22.7 Å². The minimum atomic E-state index is -4.78. The number of alkyl halides is 3. The number of hydrogen-bond acceptors (Lipinski definition) is 2. The summed E-state index contributed by atoms with van der Waals surface area (Å²) < 4.78 is 51.6. The summed E-state index contributed by atoms with van der Waals surface area (Å²) in [6.45, 7) is 0. The lowest BCUT2D eigenvalue weighted by Crippen LogP contribution is -2.10. The zero-order valence-electron chi connectivity index (χ0n) is 9.21. The lowest BCUT2D eigenvalue weighted by atomic mass is 10.0. The Bertz CT molecular complexity index is 594. The van der Waals surface area contributed by atoms with Crippen LogP contribution in [0.1, 0.15) is 22.1 Å². The molecule has 19 heavy (non-hydrogen) atoms. The molecule has 7 heteroatoms. The Hall–Kier alpha value is -0.920. The van der Waals surface area contributed by atoms with Crippen molar-refractivity contribution in [2.45, 2.75) is 12.3 Å². The Morgan fingerprint density at radius 1 is 1.16 bits per heavy atom. The molecule has 1 aromatic carbocycles. The van der Waals surface area contributed by atoms with E-state index in [1.807, 2.05) is 0 Å². The molecular formula is C12H7BrF4OS. The van der Waals surface area contributed by atoms with Gasteiger partial charge in [-0.25, -0.2) is 4.39 Å². The highest BCUT2D eigenvalue weighted by Gasteiger charge is 2.34. The van der Waals surface area contributed by atoms with Crippen LogP contribution in [0.5, 0.6) is 0 Å². The van der Waals surface area contributed by atoms with Crippen molar-refractivity contribution in [2.75, 3.05) is 0 Å². The van der Waals surface area contributed by atoms with Crippen LogP contribution >= 0.6 is 27.3 Å². The van der Waals surface area contributed by atoms with Crippen LogP contribution < -0.4 is 0 Å². The van der Waals surface area contributed by atoms with Crippen LogP contribution in [0, 0.1) is 5.82 Å². The molecular weight excluding hydrogens is 348 g/mol. The first kappa shape index (κ1) is 14.5. The van der Waals surface area contributed by atoms with Gasteiger partial charge in [-0.3, -0.25) is 0 Å². The van der Waals surface area contributed by atoms with Crippen LogP contribution in [0.3, 0.4) is 0 Å². The molecule has 1 atom stereocenters. The highest BCUT2D eigenvalue weighted by Crippen LogP contribution is 2.36. The molecule has 1 aromatic heterocycles. The second kappa shape index (κ2) is 5.22. The number of aliphatic hydroxyl groups excluding tert-OH is 1. The minimum absolute atomic E-state index is 0.00285. The fraction of sp³-hybridized carbons (Fsp3) is 0.167. The first-order valence-electron chi connectivity index (χ1n) is 5.09. The SMILES string of the molecule is OC(c1ccc(F)c(C(F)(F)F)c1)c1ccc(Br)s1. The average Bonchev–Trinajstić information content (AvgIpc) is 2.74. The summed E-state index contributed by atoms with van der Waals surface area (Å²) in [4.78, 5) is 0.478. The number of halogens is 5. The van der Waals surface area contributed by atoms with Gasteiger partial charge < -0.3 is 5.11 Å². The van der Waals surface area contributed by atoms with E-state index in [0.717, 1.165) is 9.85 Å². The van der Waals surface area contributed by atoms with E-state index in [-0.39, 0.29) is 5.56 Å². The van der Waals surface area contributed by atoms with Gasteiger partial charge in [-0.15, -0.1) is 11.3 Å². The van der Waals surface area contributed by atoms with Crippen molar-refractivity contribution in [3.05, 3.63) is 55.9 Å². The van der Waals surface area contributed by atoms with Crippen LogP contribution in [0.4, 0.5) is 17.6 Å². The predicted molar refractivity (Wildman–Crippen MR) is 67.5 cm³/mol. The lowest BCUT2D eigenvalue weighted by Gasteiger charge is -2.13. The van der Waals surface area contributed by atoms with Crippen LogP contribution in [0.2, 0.25) is 0 Å². The monoisotopic (exact) mass is 354 g/mol. The van der Waals surface area contributed by atoms with Gasteiger partial charge in [0.25, 0.3) is 0 Å². The molecule has 0 aliphatic rings. The first-order valence-corrected chi connectivity index (χ1v) is 6.70. The molecule has 102 valence electrons. The summed E-state index contributed by atoms with van der Waals surface area (Å²) in [5.74, 6) is -1.35. The first-order chi connectivity index (χ1) is 8.79. The normalized spacial score (nSPS) is 13.6. The van der Waals surface area contributed by atoms with Gasteiger partial charge in [-0.2, -0.15) is 13.2 Å². The number of rotatable bonds is 2. The number of thiophene rings is 1. The number of benzene rings is 1. The predicted octanol–water partition coefficient (Wildman–Crippen LogP) is 4.75. The van der Waals surface area contributed by atoms with E-state index >= 15 is 0 Å². The molecule has 0 aliphatic heterocycles. The van der Waals surface area contributed by atoms with E-state index in [0.29, 0.717) is 17.0 Å². The number of hydrogen-bond donors (Lipinski definition) is 1. The summed E-state index contributed by atoms with van der Waals surface area (Å²) in [7, 11) is 0. The quantitative estimate of drug-likeness (QED) is 0.771. The van der Waals surface area contributed by atoms with Gasteiger partial charge in [0.15, 0.2) is 0 Å². The Kier molecular flexibility index (Phi) is 3.98. The second-order valence-electron chi connectivity index (χ2n) is 3.78. The molecule has 0 saturated carbocycles. The molecule has 0 spiro atoms. The summed E-state index contributed by atoms with van der Waals surface area (Å²) in [6.07, 6.45) is -5.99. The third kappa shape index (κ3) is 3.16. The van der Waals surface area contributed by atoms with Gasteiger partial charge in [-0.1, -0.05) is 6.07 Å². The van der Waals surface area contributed by atoms with Crippen molar-refractivity contribution in [3.63, 3.8) is 0 Å². The molecule has 1 unspecified atom stereocenters. The molecule has 0 saturated heterocycles. The summed E-state index contributed by atoms with van der Waals surface area (Å²) in [5.41, 5.74) is -1.37. The van der Waals surface area contributed by atoms with Gasteiger partial charge in [0.05, 0.1) is 9.35 Å². The number of aliphatic hydroxyl groups is 1. The van der Waals surface area contributed by atoms with Crippen LogP contribution in [-0.2, 0) is 6.18 Å². The van der Waals surface area contributed by atoms with E-state index in [2.05, 4.69) is 15.9 Å². The van der Waals surface area contributed by atoms with E-state index in [1.165, 1.54) is 11.3 Å². The average molecular weight is 355 g/mol. The second-order valence-corrected chi connectivity index (χ2v) is 6.28. The molecule has 0 amide bonds. The van der Waals surface area contributed by atoms with Crippen LogP contribution in [0.25, 0.3) is 0 Å². The third-order valence-electron chi connectivity index (χ3n) is 2.48. The molecule has 0 radical (unpaired) electrons. The van der Waals surface area contributed by atoms with Crippen molar-refractivity contribution in [3.8, 4) is 0 Å². The maximum Gasteiger partial charge on any atom is 0.419 e.